The highest BCUT2D eigenvalue weighted by Gasteiger charge is 2.14. The lowest BCUT2D eigenvalue weighted by Gasteiger charge is -2.19. The van der Waals surface area contributed by atoms with E-state index in [0.717, 1.165) is 11.0 Å². The molecule has 7 nitrogen and oxygen atoms in total. The third kappa shape index (κ3) is 2.92. The summed E-state index contributed by atoms with van der Waals surface area (Å²) in [7, 11) is 1.73. The van der Waals surface area contributed by atoms with E-state index in [1.54, 1.807) is 34.4 Å². The average Bonchev–Trinajstić information content (AvgIpc) is 2.91. The molecule has 1 aliphatic heterocycles. The number of aryl methyl sites for hydroxylation is 2. The maximum atomic E-state index is 12.4. The number of anilines is 1. The van der Waals surface area contributed by atoms with Crippen molar-refractivity contribution in [2.45, 2.75) is 13.0 Å². The van der Waals surface area contributed by atoms with Gasteiger partial charge in [0.15, 0.2) is 11.5 Å². The molecule has 1 aromatic heterocycles. The number of para-hydroxylation sites is 2. The molecule has 2 heterocycles. The van der Waals surface area contributed by atoms with Crippen molar-refractivity contribution in [2.24, 2.45) is 7.05 Å². The van der Waals surface area contributed by atoms with Crippen LogP contribution in [0.3, 0.4) is 0 Å². The van der Waals surface area contributed by atoms with Crippen LogP contribution in [0.15, 0.2) is 47.3 Å². The van der Waals surface area contributed by atoms with Crippen LogP contribution in [0.2, 0.25) is 0 Å². The molecule has 2 aromatic carbocycles. The number of carbonyl (C=O) groups excluding carboxylic acids is 1. The molecule has 26 heavy (non-hydrogen) atoms. The summed E-state index contributed by atoms with van der Waals surface area (Å²) in [6.07, 6.45) is 0.197. The van der Waals surface area contributed by atoms with Crippen LogP contribution >= 0.6 is 0 Å². The Labute approximate surface area is 149 Å². The van der Waals surface area contributed by atoms with Crippen molar-refractivity contribution in [1.82, 2.24) is 9.13 Å². The lowest BCUT2D eigenvalue weighted by atomic mass is 10.2. The Morgan fingerprint density at radius 1 is 1.08 bits per heavy atom. The fourth-order valence-electron chi connectivity index (χ4n) is 3.14. The molecule has 4 rings (SSSR count). The number of hydrogen-bond donors (Lipinski definition) is 1. The highest BCUT2D eigenvalue weighted by atomic mass is 16.6. The highest BCUT2D eigenvalue weighted by molar-refractivity contribution is 5.91. The molecular weight excluding hydrogens is 334 g/mol. The largest absolute Gasteiger partial charge is 0.486 e. The van der Waals surface area contributed by atoms with Gasteiger partial charge in [0, 0.05) is 31.8 Å². The van der Waals surface area contributed by atoms with E-state index >= 15 is 0 Å². The molecule has 0 radical (unpaired) electrons. The average molecular weight is 353 g/mol. The summed E-state index contributed by atoms with van der Waals surface area (Å²) in [5.74, 6) is 1.14. The molecular formula is C19H19N3O4. The third-order valence-corrected chi connectivity index (χ3v) is 4.44. The van der Waals surface area contributed by atoms with Gasteiger partial charge < -0.3 is 14.8 Å². The summed E-state index contributed by atoms with van der Waals surface area (Å²) in [5, 5.41) is 2.84. The number of aromatic nitrogens is 2. The van der Waals surface area contributed by atoms with Crippen molar-refractivity contribution in [1.29, 1.82) is 0 Å². The lowest BCUT2D eigenvalue weighted by molar-refractivity contribution is -0.116. The molecule has 0 unspecified atom stereocenters. The zero-order chi connectivity index (χ0) is 18.1. The van der Waals surface area contributed by atoms with Crippen LogP contribution in [0.25, 0.3) is 11.0 Å². The van der Waals surface area contributed by atoms with Crippen LogP contribution in [0.4, 0.5) is 5.69 Å². The number of nitrogens with zero attached hydrogens (tertiary/aromatic N) is 2. The van der Waals surface area contributed by atoms with Gasteiger partial charge in [0.2, 0.25) is 5.91 Å². The zero-order valence-electron chi connectivity index (χ0n) is 14.4. The summed E-state index contributed by atoms with van der Waals surface area (Å²) >= 11 is 0. The summed E-state index contributed by atoms with van der Waals surface area (Å²) in [5.41, 5.74) is 2.19. The molecule has 0 saturated carbocycles. The van der Waals surface area contributed by atoms with E-state index in [4.69, 9.17) is 9.47 Å². The first-order chi connectivity index (χ1) is 12.6. The standard InChI is InChI=1S/C19H19N3O4/c1-21-14-4-2-3-5-15(14)22(19(21)24)9-8-18(23)20-13-6-7-16-17(12-13)26-11-10-25-16/h2-7,12H,8-11H2,1H3,(H,20,23). The first-order valence-electron chi connectivity index (χ1n) is 8.47. The first-order valence-corrected chi connectivity index (χ1v) is 8.47. The Morgan fingerprint density at radius 2 is 1.81 bits per heavy atom. The van der Waals surface area contributed by atoms with E-state index in [-0.39, 0.29) is 18.0 Å². The minimum absolute atomic E-state index is 0.127. The fourth-order valence-corrected chi connectivity index (χ4v) is 3.14. The van der Waals surface area contributed by atoms with Crippen LogP contribution in [-0.4, -0.2) is 28.3 Å². The van der Waals surface area contributed by atoms with Gasteiger partial charge in [-0.15, -0.1) is 0 Å². The number of amides is 1. The summed E-state index contributed by atoms with van der Waals surface area (Å²) in [6, 6.07) is 12.8. The van der Waals surface area contributed by atoms with Crippen molar-refractivity contribution in [2.75, 3.05) is 18.5 Å². The second kappa shape index (κ2) is 6.59. The van der Waals surface area contributed by atoms with Gasteiger partial charge in [-0.3, -0.25) is 13.9 Å². The molecule has 0 atom stereocenters. The number of fused-ring (bicyclic) bond motifs is 2. The van der Waals surface area contributed by atoms with Crippen LogP contribution < -0.4 is 20.5 Å². The summed E-state index contributed by atoms with van der Waals surface area (Å²) < 4.78 is 14.2. The Balaban J connectivity index is 1.47. The van der Waals surface area contributed by atoms with Crippen molar-refractivity contribution >= 4 is 22.6 Å². The monoisotopic (exact) mass is 353 g/mol. The molecule has 0 spiro atoms. The summed E-state index contributed by atoms with van der Waals surface area (Å²) in [4.78, 5) is 24.7. The Kier molecular flexibility index (Phi) is 4.12. The summed E-state index contributed by atoms with van der Waals surface area (Å²) in [6.45, 7) is 1.34. The topological polar surface area (TPSA) is 74.5 Å². The number of hydrogen-bond acceptors (Lipinski definition) is 4. The number of ether oxygens (including phenoxy) is 2. The maximum absolute atomic E-state index is 12.4. The smallest absolute Gasteiger partial charge is 0.328 e. The minimum Gasteiger partial charge on any atom is -0.486 e. The normalized spacial score (nSPS) is 13.0. The van der Waals surface area contributed by atoms with Crippen molar-refractivity contribution in [3.05, 3.63) is 52.9 Å². The highest BCUT2D eigenvalue weighted by Crippen LogP contribution is 2.32. The molecule has 1 N–H and O–H groups in total. The number of rotatable bonds is 4. The van der Waals surface area contributed by atoms with Gasteiger partial charge in [-0.25, -0.2) is 4.79 Å². The van der Waals surface area contributed by atoms with Crippen LogP contribution in [0, 0.1) is 0 Å². The molecule has 0 aliphatic carbocycles. The van der Waals surface area contributed by atoms with Gasteiger partial charge in [0.25, 0.3) is 0 Å². The van der Waals surface area contributed by atoms with Crippen molar-refractivity contribution in [3.8, 4) is 11.5 Å². The molecule has 3 aromatic rings. The quantitative estimate of drug-likeness (QED) is 0.780. The number of imidazole rings is 1. The molecule has 0 bridgehead atoms. The van der Waals surface area contributed by atoms with Gasteiger partial charge in [0.05, 0.1) is 11.0 Å². The van der Waals surface area contributed by atoms with Gasteiger partial charge in [0.1, 0.15) is 13.2 Å². The van der Waals surface area contributed by atoms with E-state index < -0.39 is 0 Å². The molecule has 1 amide bonds. The van der Waals surface area contributed by atoms with Crippen molar-refractivity contribution < 1.29 is 14.3 Å². The molecule has 134 valence electrons. The van der Waals surface area contributed by atoms with E-state index in [1.165, 1.54) is 0 Å². The molecule has 7 heteroatoms. The van der Waals surface area contributed by atoms with Gasteiger partial charge in [-0.2, -0.15) is 0 Å². The Bertz CT molecular complexity index is 1030. The third-order valence-electron chi connectivity index (χ3n) is 4.44. The lowest BCUT2D eigenvalue weighted by Crippen LogP contribution is -2.24. The van der Waals surface area contributed by atoms with E-state index in [1.807, 2.05) is 24.3 Å². The van der Waals surface area contributed by atoms with E-state index in [0.29, 0.717) is 36.9 Å². The second-order valence-corrected chi connectivity index (χ2v) is 6.14. The van der Waals surface area contributed by atoms with E-state index in [2.05, 4.69) is 5.32 Å². The van der Waals surface area contributed by atoms with Gasteiger partial charge in [-0.05, 0) is 24.3 Å². The molecule has 0 fully saturated rings. The zero-order valence-corrected chi connectivity index (χ0v) is 14.4. The van der Waals surface area contributed by atoms with Crippen molar-refractivity contribution in [3.63, 3.8) is 0 Å². The second-order valence-electron chi connectivity index (χ2n) is 6.14. The van der Waals surface area contributed by atoms with Gasteiger partial charge >= 0.3 is 5.69 Å². The molecule has 0 saturated heterocycles. The predicted octanol–water partition coefficient (Wildman–Crippen LogP) is 2.14. The van der Waals surface area contributed by atoms with Crippen LogP contribution in [0.5, 0.6) is 11.5 Å². The van der Waals surface area contributed by atoms with Gasteiger partial charge in [-0.1, -0.05) is 12.1 Å². The Morgan fingerprint density at radius 3 is 2.62 bits per heavy atom. The maximum Gasteiger partial charge on any atom is 0.328 e. The van der Waals surface area contributed by atoms with Crippen LogP contribution in [0.1, 0.15) is 6.42 Å². The molecule has 1 aliphatic rings. The minimum atomic E-state index is -0.165. The predicted molar refractivity (Wildman–Crippen MR) is 97.9 cm³/mol. The number of benzene rings is 2. The first kappa shape index (κ1) is 16.3. The van der Waals surface area contributed by atoms with E-state index in [9.17, 15) is 9.59 Å². The number of nitrogens with one attached hydrogen (secondary N) is 1. The number of carbonyl (C=O) groups is 1. The Hall–Kier alpha value is -3.22. The SMILES string of the molecule is Cn1c(=O)n(CCC(=O)Nc2ccc3c(c2)OCCO3)c2ccccc21. The van der Waals surface area contributed by atoms with Crippen LogP contribution in [-0.2, 0) is 18.4 Å². The fraction of sp³-hybridized carbons (Fsp3) is 0.263.